The summed E-state index contributed by atoms with van der Waals surface area (Å²) in [6.07, 6.45) is -4.44. The van der Waals surface area contributed by atoms with Crippen LogP contribution in [0.15, 0.2) is 30.3 Å². The predicted octanol–water partition coefficient (Wildman–Crippen LogP) is 3.68. The van der Waals surface area contributed by atoms with Crippen molar-refractivity contribution in [3.05, 3.63) is 35.9 Å². The number of benzene rings is 1. The monoisotopic (exact) mass is 289 g/mol. The highest BCUT2D eigenvalue weighted by molar-refractivity contribution is 5.18. The van der Waals surface area contributed by atoms with Crippen molar-refractivity contribution in [1.29, 1.82) is 0 Å². The van der Waals surface area contributed by atoms with E-state index in [2.05, 4.69) is 5.32 Å². The lowest BCUT2D eigenvalue weighted by Gasteiger charge is -2.32. The quantitative estimate of drug-likeness (QED) is 0.837. The summed E-state index contributed by atoms with van der Waals surface area (Å²) in [5.74, 6) is 0. The number of hydrogen-bond acceptors (Lipinski definition) is 2. The zero-order valence-corrected chi connectivity index (χ0v) is 12.0. The van der Waals surface area contributed by atoms with Crippen LogP contribution in [-0.2, 0) is 0 Å². The minimum absolute atomic E-state index is 0.114. The Balaban J connectivity index is 2.69. The van der Waals surface area contributed by atoms with Crippen LogP contribution in [0.1, 0.15) is 38.8 Å². The van der Waals surface area contributed by atoms with Gasteiger partial charge in [0, 0.05) is 12.1 Å². The van der Waals surface area contributed by atoms with Gasteiger partial charge >= 0.3 is 6.18 Å². The molecule has 0 radical (unpaired) electrons. The van der Waals surface area contributed by atoms with Crippen molar-refractivity contribution in [3.63, 3.8) is 0 Å². The fourth-order valence-electron chi connectivity index (χ4n) is 2.10. The molecule has 0 amide bonds. The van der Waals surface area contributed by atoms with Crippen molar-refractivity contribution in [2.24, 2.45) is 5.41 Å². The molecule has 20 heavy (non-hydrogen) atoms. The van der Waals surface area contributed by atoms with E-state index in [4.69, 9.17) is 0 Å². The Morgan fingerprint density at radius 1 is 1.15 bits per heavy atom. The van der Waals surface area contributed by atoms with Gasteiger partial charge in [-0.2, -0.15) is 13.2 Å². The maximum absolute atomic E-state index is 12.9. The predicted molar refractivity (Wildman–Crippen MR) is 73.3 cm³/mol. The molecular weight excluding hydrogens is 267 g/mol. The molecule has 5 heteroatoms. The van der Waals surface area contributed by atoms with Gasteiger partial charge in [0.2, 0.25) is 0 Å². The summed E-state index contributed by atoms with van der Waals surface area (Å²) in [4.78, 5) is 0. The topological polar surface area (TPSA) is 32.3 Å². The number of aliphatic hydroxyl groups excluding tert-OH is 1. The molecule has 2 nitrogen and oxygen atoms in total. The molecule has 0 unspecified atom stereocenters. The van der Waals surface area contributed by atoms with Gasteiger partial charge in [0.1, 0.15) is 0 Å². The summed E-state index contributed by atoms with van der Waals surface area (Å²) in [7, 11) is 0. The van der Waals surface area contributed by atoms with Crippen molar-refractivity contribution in [3.8, 4) is 0 Å². The van der Waals surface area contributed by atoms with Gasteiger partial charge in [-0.05, 0) is 18.9 Å². The second-order valence-electron chi connectivity index (χ2n) is 5.76. The third-order valence-electron chi connectivity index (χ3n) is 3.53. The van der Waals surface area contributed by atoms with Crippen LogP contribution in [-0.4, -0.2) is 23.9 Å². The van der Waals surface area contributed by atoms with Gasteiger partial charge in [-0.3, -0.25) is 0 Å². The fourth-order valence-corrected chi connectivity index (χ4v) is 2.10. The molecule has 1 rings (SSSR count). The van der Waals surface area contributed by atoms with Gasteiger partial charge in [0.25, 0.3) is 0 Å². The molecule has 0 aliphatic rings. The van der Waals surface area contributed by atoms with Crippen LogP contribution in [0.5, 0.6) is 0 Å². The first-order valence-corrected chi connectivity index (χ1v) is 6.66. The molecule has 0 bridgehead atoms. The molecule has 1 aromatic carbocycles. The van der Waals surface area contributed by atoms with Crippen LogP contribution in [0, 0.1) is 5.41 Å². The average Bonchev–Trinajstić information content (AvgIpc) is 2.37. The van der Waals surface area contributed by atoms with E-state index >= 15 is 0 Å². The highest BCUT2D eigenvalue weighted by Crippen LogP contribution is 2.41. The van der Waals surface area contributed by atoms with Crippen molar-refractivity contribution in [2.45, 2.75) is 45.5 Å². The molecule has 0 aromatic heterocycles. The molecule has 0 aliphatic carbocycles. The average molecular weight is 289 g/mol. The number of alkyl halides is 3. The van der Waals surface area contributed by atoms with Gasteiger partial charge in [0.05, 0.1) is 12.0 Å². The Hall–Kier alpha value is -1.07. The third-order valence-corrected chi connectivity index (χ3v) is 3.53. The van der Waals surface area contributed by atoms with E-state index in [0.717, 1.165) is 19.4 Å². The number of halogens is 3. The van der Waals surface area contributed by atoms with Crippen molar-refractivity contribution >= 4 is 0 Å². The third kappa shape index (κ3) is 4.49. The number of nitrogens with one attached hydrogen (secondary N) is 1. The van der Waals surface area contributed by atoms with Crippen LogP contribution in [0.2, 0.25) is 0 Å². The summed E-state index contributed by atoms with van der Waals surface area (Å²) >= 11 is 0. The van der Waals surface area contributed by atoms with E-state index in [1.807, 2.05) is 37.3 Å². The molecule has 0 spiro atoms. The largest absolute Gasteiger partial charge is 0.395 e. The maximum atomic E-state index is 12.9. The van der Waals surface area contributed by atoms with E-state index in [1.54, 1.807) is 0 Å². The lowest BCUT2D eigenvalue weighted by Crippen LogP contribution is -2.43. The maximum Gasteiger partial charge on any atom is 0.394 e. The molecule has 0 saturated carbocycles. The first kappa shape index (κ1) is 17.0. The van der Waals surface area contributed by atoms with Crippen LogP contribution in [0.3, 0.4) is 0 Å². The SMILES string of the molecule is C[C@@H](N[C@@H](CO)CC(C)(C)C(F)(F)F)c1ccccc1. The first-order valence-electron chi connectivity index (χ1n) is 6.66. The van der Waals surface area contributed by atoms with E-state index in [-0.39, 0.29) is 19.1 Å². The van der Waals surface area contributed by atoms with Gasteiger partial charge in [-0.25, -0.2) is 0 Å². The van der Waals surface area contributed by atoms with Crippen LogP contribution in [0.4, 0.5) is 13.2 Å². The summed E-state index contributed by atoms with van der Waals surface area (Å²) in [5.41, 5.74) is -0.847. The molecule has 2 N–H and O–H groups in total. The van der Waals surface area contributed by atoms with Gasteiger partial charge < -0.3 is 10.4 Å². The molecular formula is C15H22F3NO. The van der Waals surface area contributed by atoms with Gasteiger partial charge in [0.15, 0.2) is 0 Å². The minimum Gasteiger partial charge on any atom is -0.395 e. The Morgan fingerprint density at radius 2 is 1.70 bits per heavy atom. The molecule has 114 valence electrons. The minimum atomic E-state index is -4.28. The molecule has 0 aliphatic heterocycles. The van der Waals surface area contributed by atoms with Crippen molar-refractivity contribution in [2.75, 3.05) is 6.61 Å². The summed E-state index contributed by atoms with van der Waals surface area (Å²) in [6, 6.07) is 8.73. The van der Waals surface area contributed by atoms with Gasteiger partial charge in [-0.1, -0.05) is 44.2 Å². The van der Waals surface area contributed by atoms with Crippen LogP contribution >= 0.6 is 0 Å². The Bertz CT molecular complexity index is 403. The normalized spacial score (nSPS) is 15.9. The summed E-state index contributed by atoms with van der Waals surface area (Å²) < 4.78 is 38.6. The smallest absolute Gasteiger partial charge is 0.394 e. The lowest BCUT2D eigenvalue weighted by atomic mass is 9.85. The second-order valence-corrected chi connectivity index (χ2v) is 5.76. The Labute approximate surface area is 118 Å². The zero-order valence-electron chi connectivity index (χ0n) is 12.0. The summed E-state index contributed by atoms with van der Waals surface area (Å²) in [6.45, 7) is 3.87. The number of hydrogen-bond donors (Lipinski definition) is 2. The molecule has 0 fully saturated rings. The number of aliphatic hydroxyl groups is 1. The van der Waals surface area contributed by atoms with Gasteiger partial charge in [-0.15, -0.1) is 0 Å². The first-order chi connectivity index (χ1) is 9.17. The van der Waals surface area contributed by atoms with E-state index < -0.39 is 17.6 Å². The lowest BCUT2D eigenvalue weighted by molar-refractivity contribution is -0.216. The fraction of sp³-hybridized carbons (Fsp3) is 0.600. The highest BCUT2D eigenvalue weighted by Gasteiger charge is 2.48. The van der Waals surface area contributed by atoms with Crippen LogP contribution < -0.4 is 5.32 Å². The standard InChI is InChI=1S/C15H22F3NO/c1-11(12-7-5-4-6-8-12)19-13(10-20)9-14(2,3)15(16,17)18/h4-8,11,13,19-20H,9-10H2,1-3H3/t11-,13-/m1/s1. The molecule has 0 saturated heterocycles. The van der Waals surface area contributed by atoms with Crippen molar-refractivity contribution in [1.82, 2.24) is 5.32 Å². The molecule has 1 aromatic rings. The summed E-state index contributed by atoms with van der Waals surface area (Å²) in [5, 5.41) is 12.4. The van der Waals surface area contributed by atoms with E-state index in [0.29, 0.717) is 0 Å². The Morgan fingerprint density at radius 3 is 2.15 bits per heavy atom. The second kappa shape index (κ2) is 6.59. The van der Waals surface area contributed by atoms with Crippen molar-refractivity contribution < 1.29 is 18.3 Å². The zero-order chi connectivity index (χ0) is 15.4. The molecule has 2 atom stereocenters. The van der Waals surface area contributed by atoms with Crippen LogP contribution in [0.25, 0.3) is 0 Å². The van der Waals surface area contributed by atoms with E-state index in [9.17, 15) is 18.3 Å². The number of rotatable bonds is 6. The van der Waals surface area contributed by atoms with E-state index in [1.165, 1.54) is 0 Å². The highest BCUT2D eigenvalue weighted by atomic mass is 19.4. The molecule has 0 heterocycles. The Kier molecular flexibility index (Phi) is 5.59.